The Balaban J connectivity index is 5.25. The predicted octanol–water partition coefficient (Wildman–Crippen LogP) is 21.9. The maximum absolute atomic E-state index is 13.1. The van der Waals surface area contributed by atoms with E-state index in [2.05, 4.69) is 41.5 Å². The number of carbonyl (C=O) groups excluding carboxylic acids is 4. The fourth-order valence-corrected chi connectivity index (χ4v) is 13.1. The summed E-state index contributed by atoms with van der Waals surface area (Å²) < 4.78 is 68.5. The second-order valence-electron chi connectivity index (χ2n) is 28.0. The summed E-state index contributed by atoms with van der Waals surface area (Å²) in [5.74, 6) is -0.654. The summed E-state index contributed by atoms with van der Waals surface area (Å²) in [7, 11) is -9.91. The molecule has 0 saturated carbocycles. The third-order valence-corrected chi connectivity index (χ3v) is 19.4. The lowest BCUT2D eigenvalue weighted by Crippen LogP contribution is -2.30. The fourth-order valence-electron chi connectivity index (χ4n) is 11.5. The molecule has 0 aliphatic carbocycles. The number of ether oxygens (including phenoxy) is 4. The topological polar surface area (TPSA) is 237 Å². The number of carbonyl (C=O) groups is 4. The molecular weight excluding hydrogens is 1230 g/mol. The molecule has 0 spiro atoms. The Bertz CT molecular complexity index is 1820. The molecule has 19 heteroatoms. The molecule has 3 N–H and O–H groups in total. The highest BCUT2D eigenvalue weighted by atomic mass is 31.2. The standard InChI is InChI=1S/C75H146O17P2/c1-7-9-11-13-15-17-19-21-23-24-25-27-29-33-41-47-53-59-74(79)91-70(63-85-72(77)57-51-45-39-32-28-26-22-20-18-16-14-12-10-8-2)65-89-93(81,82)87-61-69(76)62-88-94(83,84)90-66-71(64-86-73(78)58-52-46-40-36-35-38-44-50-56-68(5)6)92-75(80)60-54-48-42-34-30-31-37-43-49-55-67(3)4/h67-71,76H,7-66H2,1-6H3,(H,81,82)(H,83,84)/t69-,70-,71-/m1/s1. The highest BCUT2D eigenvalue weighted by Gasteiger charge is 2.30. The third-order valence-electron chi connectivity index (χ3n) is 17.5. The number of esters is 4. The molecule has 94 heavy (non-hydrogen) atoms. The molecule has 0 aromatic heterocycles. The van der Waals surface area contributed by atoms with Gasteiger partial charge < -0.3 is 33.8 Å². The Morgan fingerprint density at radius 1 is 0.287 bits per heavy atom. The van der Waals surface area contributed by atoms with Crippen molar-refractivity contribution in [2.45, 2.75) is 407 Å². The van der Waals surface area contributed by atoms with Crippen LogP contribution in [0.4, 0.5) is 0 Å². The maximum Gasteiger partial charge on any atom is 0.472 e. The van der Waals surface area contributed by atoms with Crippen molar-refractivity contribution < 1.29 is 80.2 Å². The normalized spacial score (nSPS) is 14.0. The van der Waals surface area contributed by atoms with Gasteiger partial charge in [0.25, 0.3) is 0 Å². The minimum Gasteiger partial charge on any atom is -0.462 e. The van der Waals surface area contributed by atoms with Crippen molar-refractivity contribution in [3.05, 3.63) is 0 Å². The zero-order chi connectivity index (χ0) is 69.3. The Morgan fingerprint density at radius 3 is 0.723 bits per heavy atom. The summed E-state index contributed by atoms with van der Waals surface area (Å²) in [5, 5.41) is 10.6. The van der Waals surface area contributed by atoms with Gasteiger partial charge in [0, 0.05) is 25.7 Å². The summed E-state index contributed by atoms with van der Waals surface area (Å²) in [6.45, 7) is 9.54. The monoisotopic (exact) mass is 1380 g/mol. The first kappa shape index (κ1) is 92.1. The van der Waals surface area contributed by atoms with Gasteiger partial charge in [-0.05, 0) is 37.5 Å². The maximum atomic E-state index is 13.1. The van der Waals surface area contributed by atoms with Crippen LogP contribution < -0.4 is 0 Å². The molecule has 2 unspecified atom stereocenters. The SMILES string of the molecule is CCCCCCCCCCCCCCCCCCCC(=O)O[C@H](COC(=O)CCCCCCCCCCCCCCCC)COP(=O)(O)OC[C@@H](O)COP(=O)(O)OC[C@@H](COC(=O)CCCCCCCCCCC(C)C)OC(=O)CCCCCCCCCCCC(C)C. The van der Waals surface area contributed by atoms with Crippen LogP contribution in [-0.4, -0.2) is 96.7 Å². The Kier molecular flexibility index (Phi) is 65.5. The highest BCUT2D eigenvalue weighted by molar-refractivity contribution is 7.47. The van der Waals surface area contributed by atoms with E-state index in [1.54, 1.807) is 0 Å². The number of phosphoric acid groups is 2. The van der Waals surface area contributed by atoms with Crippen LogP contribution in [0.2, 0.25) is 0 Å². The van der Waals surface area contributed by atoms with Crippen LogP contribution in [0, 0.1) is 11.8 Å². The van der Waals surface area contributed by atoms with Crippen LogP contribution in [0.5, 0.6) is 0 Å². The molecule has 0 aliphatic heterocycles. The largest absolute Gasteiger partial charge is 0.472 e. The molecule has 0 aliphatic rings. The van der Waals surface area contributed by atoms with E-state index in [1.165, 1.54) is 205 Å². The van der Waals surface area contributed by atoms with Gasteiger partial charge in [0.05, 0.1) is 26.4 Å². The summed E-state index contributed by atoms with van der Waals surface area (Å²) in [6.07, 6.45) is 54.1. The molecule has 0 bridgehead atoms. The van der Waals surface area contributed by atoms with E-state index in [4.69, 9.17) is 37.0 Å². The number of hydrogen-bond acceptors (Lipinski definition) is 15. The summed E-state index contributed by atoms with van der Waals surface area (Å²) in [6, 6.07) is 0. The molecule has 0 radical (unpaired) electrons. The Morgan fingerprint density at radius 2 is 0.489 bits per heavy atom. The lowest BCUT2D eigenvalue weighted by atomic mass is 10.0. The molecule has 0 heterocycles. The van der Waals surface area contributed by atoms with Crippen molar-refractivity contribution >= 4 is 39.5 Å². The molecule has 0 rings (SSSR count). The van der Waals surface area contributed by atoms with E-state index in [1.807, 2.05) is 0 Å². The number of hydrogen-bond donors (Lipinski definition) is 3. The van der Waals surface area contributed by atoms with Crippen LogP contribution in [-0.2, 0) is 65.4 Å². The van der Waals surface area contributed by atoms with Crippen molar-refractivity contribution in [3.8, 4) is 0 Å². The van der Waals surface area contributed by atoms with Gasteiger partial charge in [-0.15, -0.1) is 0 Å². The molecule has 17 nitrogen and oxygen atoms in total. The molecule has 0 amide bonds. The molecule has 0 saturated heterocycles. The van der Waals surface area contributed by atoms with Crippen molar-refractivity contribution in [2.75, 3.05) is 39.6 Å². The number of rotatable bonds is 74. The quantitative estimate of drug-likeness (QED) is 0.0222. The zero-order valence-electron chi connectivity index (χ0n) is 61.3. The number of aliphatic hydroxyl groups is 1. The van der Waals surface area contributed by atoms with Crippen LogP contribution in [0.3, 0.4) is 0 Å². The van der Waals surface area contributed by atoms with Gasteiger partial charge in [-0.1, -0.05) is 337 Å². The van der Waals surface area contributed by atoms with Crippen molar-refractivity contribution in [2.24, 2.45) is 11.8 Å². The van der Waals surface area contributed by atoms with E-state index >= 15 is 0 Å². The summed E-state index contributed by atoms with van der Waals surface area (Å²) >= 11 is 0. The van der Waals surface area contributed by atoms with Crippen LogP contribution in [0.25, 0.3) is 0 Å². The summed E-state index contributed by atoms with van der Waals surface area (Å²) in [4.78, 5) is 72.8. The van der Waals surface area contributed by atoms with Crippen molar-refractivity contribution in [3.63, 3.8) is 0 Å². The molecular formula is C75H146O17P2. The van der Waals surface area contributed by atoms with Gasteiger partial charge in [-0.2, -0.15) is 0 Å². The summed E-state index contributed by atoms with van der Waals surface area (Å²) in [5.41, 5.74) is 0. The third kappa shape index (κ3) is 68.6. The number of phosphoric ester groups is 2. The van der Waals surface area contributed by atoms with Gasteiger partial charge >= 0.3 is 39.5 Å². The van der Waals surface area contributed by atoms with Gasteiger partial charge in [-0.25, -0.2) is 9.13 Å². The van der Waals surface area contributed by atoms with Crippen molar-refractivity contribution in [1.29, 1.82) is 0 Å². The average molecular weight is 1380 g/mol. The highest BCUT2D eigenvalue weighted by Crippen LogP contribution is 2.45. The number of aliphatic hydroxyl groups excluding tert-OH is 1. The van der Waals surface area contributed by atoms with Crippen LogP contribution in [0.15, 0.2) is 0 Å². The average Bonchev–Trinajstić information content (AvgIpc) is 1.37. The van der Waals surface area contributed by atoms with Crippen LogP contribution >= 0.6 is 15.6 Å². The molecule has 0 aromatic rings. The molecule has 0 aromatic carbocycles. The van der Waals surface area contributed by atoms with E-state index < -0.39 is 97.5 Å². The predicted molar refractivity (Wildman–Crippen MR) is 381 cm³/mol. The van der Waals surface area contributed by atoms with Gasteiger partial charge in [0.2, 0.25) is 0 Å². The second kappa shape index (κ2) is 66.9. The zero-order valence-corrected chi connectivity index (χ0v) is 63.1. The number of unbranched alkanes of at least 4 members (excludes halogenated alkanes) is 44. The fraction of sp³-hybridized carbons (Fsp3) is 0.947. The first-order valence-corrected chi connectivity index (χ1v) is 42.0. The van der Waals surface area contributed by atoms with E-state index in [9.17, 15) is 43.2 Å². The minimum absolute atomic E-state index is 0.105. The lowest BCUT2D eigenvalue weighted by molar-refractivity contribution is -0.161. The molecule has 5 atom stereocenters. The van der Waals surface area contributed by atoms with E-state index in [0.717, 1.165) is 102 Å². The van der Waals surface area contributed by atoms with Crippen LogP contribution in [0.1, 0.15) is 388 Å². The van der Waals surface area contributed by atoms with E-state index in [-0.39, 0.29) is 25.7 Å². The smallest absolute Gasteiger partial charge is 0.462 e. The van der Waals surface area contributed by atoms with E-state index in [0.29, 0.717) is 25.7 Å². The van der Waals surface area contributed by atoms with Gasteiger partial charge in [-0.3, -0.25) is 37.3 Å². The molecule has 558 valence electrons. The second-order valence-corrected chi connectivity index (χ2v) is 30.9. The Hall–Kier alpha value is -1.94. The molecule has 0 fully saturated rings. The Labute approximate surface area is 575 Å². The lowest BCUT2D eigenvalue weighted by Gasteiger charge is -2.21. The van der Waals surface area contributed by atoms with Gasteiger partial charge in [0.15, 0.2) is 12.2 Å². The van der Waals surface area contributed by atoms with Crippen molar-refractivity contribution in [1.82, 2.24) is 0 Å². The van der Waals surface area contributed by atoms with Gasteiger partial charge in [0.1, 0.15) is 19.3 Å². The first-order chi connectivity index (χ1) is 45.4. The first-order valence-electron chi connectivity index (χ1n) is 39.0. The minimum atomic E-state index is -4.96.